The SMILES string of the molecule is O=C(Nc1nc(CC(=O)N2C[C@@H]3C(C(=O)O)[C@@H]3C2)cs1)OCC1c2ccccc2-c2ccccc21. The van der Waals surface area contributed by atoms with Gasteiger partial charge in [0.05, 0.1) is 18.0 Å². The van der Waals surface area contributed by atoms with Crippen LogP contribution in [0.1, 0.15) is 22.7 Å². The Balaban J connectivity index is 1.02. The average molecular weight is 490 g/mol. The molecule has 2 aromatic carbocycles. The van der Waals surface area contributed by atoms with Gasteiger partial charge in [-0.2, -0.15) is 0 Å². The summed E-state index contributed by atoms with van der Waals surface area (Å²) in [6.45, 7) is 1.20. The van der Waals surface area contributed by atoms with Gasteiger partial charge in [-0.15, -0.1) is 11.3 Å². The molecule has 0 spiro atoms. The summed E-state index contributed by atoms with van der Waals surface area (Å²) in [5.74, 6) is -0.999. The van der Waals surface area contributed by atoms with Crippen molar-refractivity contribution in [3.8, 4) is 11.1 Å². The molecule has 2 N–H and O–H groups in total. The van der Waals surface area contributed by atoms with E-state index in [2.05, 4.69) is 34.6 Å². The maximum atomic E-state index is 12.6. The third kappa shape index (κ3) is 3.95. The first kappa shape index (κ1) is 21.8. The molecule has 35 heavy (non-hydrogen) atoms. The first-order valence-electron chi connectivity index (χ1n) is 11.6. The molecular weight excluding hydrogens is 466 g/mol. The summed E-state index contributed by atoms with van der Waals surface area (Å²) in [6.07, 6.45) is -0.460. The van der Waals surface area contributed by atoms with E-state index in [0.717, 1.165) is 11.1 Å². The fourth-order valence-electron chi connectivity index (χ4n) is 5.53. The third-order valence-electron chi connectivity index (χ3n) is 7.27. The van der Waals surface area contributed by atoms with Gasteiger partial charge in [0.1, 0.15) is 6.61 Å². The van der Waals surface area contributed by atoms with Crippen LogP contribution < -0.4 is 5.32 Å². The normalized spacial score (nSPS) is 21.7. The molecule has 1 aromatic heterocycles. The van der Waals surface area contributed by atoms with Crippen LogP contribution in [0.4, 0.5) is 9.93 Å². The van der Waals surface area contributed by atoms with E-state index in [1.165, 1.54) is 22.5 Å². The zero-order valence-corrected chi connectivity index (χ0v) is 19.5. The lowest BCUT2D eigenvalue weighted by Gasteiger charge is -2.18. The number of hydrogen-bond acceptors (Lipinski definition) is 6. The van der Waals surface area contributed by atoms with E-state index in [9.17, 15) is 14.4 Å². The van der Waals surface area contributed by atoms with Gasteiger partial charge in [-0.3, -0.25) is 14.9 Å². The number of fused-ring (bicyclic) bond motifs is 4. The number of rotatable bonds is 6. The lowest BCUT2D eigenvalue weighted by Crippen LogP contribution is -2.33. The van der Waals surface area contributed by atoms with Crippen LogP contribution in [0.3, 0.4) is 0 Å². The highest BCUT2D eigenvalue weighted by molar-refractivity contribution is 7.13. The highest BCUT2D eigenvalue weighted by Crippen LogP contribution is 2.51. The van der Waals surface area contributed by atoms with Gasteiger partial charge in [0.2, 0.25) is 5.91 Å². The maximum absolute atomic E-state index is 12.6. The molecule has 0 radical (unpaired) electrons. The molecule has 2 heterocycles. The Hall–Kier alpha value is -3.72. The quantitative estimate of drug-likeness (QED) is 0.545. The minimum atomic E-state index is -0.768. The third-order valence-corrected chi connectivity index (χ3v) is 8.08. The summed E-state index contributed by atoms with van der Waals surface area (Å²) in [4.78, 5) is 42.2. The van der Waals surface area contributed by atoms with Crippen LogP contribution in [0.25, 0.3) is 11.1 Å². The Bertz CT molecular complexity index is 1280. The van der Waals surface area contributed by atoms with Crippen molar-refractivity contribution < 1.29 is 24.2 Å². The zero-order valence-electron chi connectivity index (χ0n) is 18.7. The topological polar surface area (TPSA) is 109 Å². The van der Waals surface area contributed by atoms with E-state index in [1.807, 2.05) is 24.3 Å². The van der Waals surface area contributed by atoms with Crippen molar-refractivity contribution in [2.45, 2.75) is 12.3 Å². The van der Waals surface area contributed by atoms with E-state index in [-0.39, 0.29) is 42.6 Å². The van der Waals surface area contributed by atoms with Crippen molar-refractivity contribution in [1.82, 2.24) is 9.88 Å². The van der Waals surface area contributed by atoms with Crippen molar-refractivity contribution in [1.29, 1.82) is 0 Å². The summed E-state index contributed by atoms with van der Waals surface area (Å²) in [6, 6.07) is 16.3. The Kier molecular flexibility index (Phi) is 5.29. The molecule has 9 heteroatoms. The first-order chi connectivity index (χ1) is 17.0. The van der Waals surface area contributed by atoms with Gasteiger partial charge >= 0.3 is 12.1 Å². The Morgan fingerprint density at radius 2 is 1.66 bits per heavy atom. The number of carbonyl (C=O) groups excluding carboxylic acids is 2. The van der Waals surface area contributed by atoms with Crippen LogP contribution in [0, 0.1) is 17.8 Å². The molecule has 2 fully saturated rings. The zero-order chi connectivity index (χ0) is 24.1. The van der Waals surface area contributed by atoms with Gasteiger partial charge in [0.25, 0.3) is 0 Å². The van der Waals surface area contributed by atoms with Gasteiger partial charge in [-0.25, -0.2) is 9.78 Å². The van der Waals surface area contributed by atoms with Crippen LogP contribution in [0.5, 0.6) is 0 Å². The lowest BCUT2D eigenvalue weighted by atomic mass is 9.98. The summed E-state index contributed by atoms with van der Waals surface area (Å²) >= 11 is 1.24. The first-order valence-corrected chi connectivity index (χ1v) is 12.4. The molecule has 3 aliphatic rings. The highest BCUT2D eigenvalue weighted by atomic mass is 32.1. The molecule has 3 aromatic rings. The fraction of sp³-hybridized carbons (Fsp3) is 0.308. The van der Waals surface area contributed by atoms with Crippen LogP contribution >= 0.6 is 11.3 Å². The second-order valence-corrected chi connectivity index (χ2v) is 10.1. The molecule has 6 rings (SSSR count). The van der Waals surface area contributed by atoms with Gasteiger partial charge in [0, 0.05) is 24.4 Å². The molecule has 2 aliphatic carbocycles. The van der Waals surface area contributed by atoms with Gasteiger partial charge < -0.3 is 14.7 Å². The molecule has 3 atom stereocenters. The number of benzene rings is 2. The van der Waals surface area contributed by atoms with Gasteiger partial charge in [-0.1, -0.05) is 48.5 Å². The summed E-state index contributed by atoms with van der Waals surface area (Å²) in [5, 5.41) is 13.9. The smallest absolute Gasteiger partial charge is 0.413 e. The standard InChI is InChI=1S/C26H23N3O5S/c30-22(29-10-19-20(11-29)23(19)24(31)32)9-14-13-35-25(27-14)28-26(33)34-12-21-17-7-3-1-5-15(17)16-6-2-4-8-18(16)21/h1-8,13,19-21,23H,9-12H2,(H,31,32)(H,27,28,33)/t19-,20+,23?. The summed E-state index contributed by atoms with van der Waals surface area (Å²) in [7, 11) is 0. The lowest BCUT2D eigenvalue weighted by molar-refractivity contribution is -0.140. The second-order valence-electron chi connectivity index (χ2n) is 9.26. The van der Waals surface area contributed by atoms with Crippen molar-refractivity contribution in [2.24, 2.45) is 17.8 Å². The molecule has 1 saturated heterocycles. The Morgan fingerprint density at radius 3 is 2.29 bits per heavy atom. The van der Waals surface area contributed by atoms with Crippen LogP contribution in [0.15, 0.2) is 53.9 Å². The van der Waals surface area contributed by atoms with Crippen LogP contribution in [0.2, 0.25) is 0 Å². The van der Waals surface area contributed by atoms with Gasteiger partial charge in [0.15, 0.2) is 5.13 Å². The highest BCUT2D eigenvalue weighted by Gasteiger charge is 2.60. The van der Waals surface area contributed by atoms with E-state index >= 15 is 0 Å². The van der Waals surface area contributed by atoms with Crippen molar-refractivity contribution in [3.63, 3.8) is 0 Å². The van der Waals surface area contributed by atoms with Crippen LogP contribution in [-0.2, 0) is 20.7 Å². The predicted octanol–water partition coefficient (Wildman–Crippen LogP) is 3.84. The molecule has 0 bridgehead atoms. The number of thiazole rings is 1. The minimum absolute atomic E-state index is 0.0231. The number of likely N-dealkylation sites (tertiary alicyclic amines) is 1. The van der Waals surface area contributed by atoms with Gasteiger partial charge in [-0.05, 0) is 34.1 Å². The predicted molar refractivity (Wildman–Crippen MR) is 129 cm³/mol. The number of aromatic nitrogens is 1. The molecule has 1 aliphatic heterocycles. The molecule has 1 saturated carbocycles. The molecule has 178 valence electrons. The van der Waals surface area contributed by atoms with Crippen molar-refractivity contribution in [2.75, 3.05) is 25.0 Å². The molecule has 2 amide bonds. The minimum Gasteiger partial charge on any atom is -0.481 e. The maximum Gasteiger partial charge on any atom is 0.413 e. The Morgan fingerprint density at radius 1 is 1.03 bits per heavy atom. The monoisotopic (exact) mass is 489 g/mol. The van der Waals surface area contributed by atoms with E-state index < -0.39 is 12.1 Å². The average Bonchev–Trinajstić information content (AvgIpc) is 3.17. The number of carbonyl (C=O) groups is 3. The molecule has 1 unspecified atom stereocenters. The summed E-state index contributed by atoms with van der Waals surface area (Å²) in [5.41, 5.74) is 5.20. The molecular formula is C26H23N3O5S. The molecule has 8 nitrogen and oxygen atoms in total. The fourth-order valence-corrected chi connectivity index (χ4v) is 6.23. The van der Waals surface area contributed by atoms with Crippen LogP contribution in [-0.4, -0.2) is 52.7 Å². The number of aliphatic carboxylic acids is 1. The number of nitrogens with one attached hydrogen (secondary N) is 1. The number of amides is 2. The number of carboxylic acid groups (broad SMARTS) is 1. The summed E-state index contributed by atoms with van der Waals surface area (Å²) < 4.78 is 5.55. The van der Waals surface area contributed by atoms with E-state index in [0.29, 0.717) is 23.9 Å². The van der Waals surface area contributed by atoms with E-state index in [4.69, 9.17) is 9.84 Å². The second kappa shape index (κ2) is 8.49. The van der Waals surface area contributed by atoms with Crippen molar-refractivity contribution in [3.05, 3.63) is 70.7 Å². The largest absolute Gasteiger partial charge is 0.481 e. The Labute approximate surface area is 205 Å². The van der Waals surface area contributed by atoms with Crippen molar-refractivity contribution >= 4 is 34.4 Å². The number of ether oxygens (including phenoxy) is 1. The number of anilines is 1. The number of nitrogens with zero attached hydrogens (tertiary/aromatic N) is 2. The number of carboxylic acids is 1. The number of hydrogen-bond donors (Lipinski definition) is 2. The number of piperidine rings is 1. The van der Waals surface area contributed by atoms with E-state index in [1.54, 1.807) is 10.3 Å².